The van der Waals surface area contributed by atoms with Crippen molar-refractivity contribution in [2.45, 2.75) is 31.7 Å². The maximum atomic E-state index is 15.7. The molecule has 2 N–H and O–H groups in total. The summed E-state index contributed by atoms with van der Waals surface area (Å²) >= 11 is 0. The Labute approximate surface area is 195 Å². The summed E-state index contributed by atoms with van der Waals surface area (Å²) in [6, 6.07) is 3.41. The lowest BCUT2D eigenvalue weighted by molar-refractivity contribution is -0.131. The largest absolute Gasteiger partial charge is 0.477 e. The van der Waals surface area contributed by atoms with Gasteiger partial charge in [0, 0.05) is 43.2 Å². The van der Waals surface area contributed by atoms with Crippen molar-refractivity contribution < 1.29 is 19.1 Å². The average molecular weight is 467 g/mol. The number of nitrogens with zero attached hydrogens (tertiary/aromatic N) is 5. The number of likely N-dealkylation sites (tertiary alicyclic amines) is 1. The molecule has 5 rings (SSSR count). The van der Waals surface area contributed by atoms with Crippen molar-refractivity contribution in [3.63, 3.8) is 0 Å². The molecule has 1 amide bonds. The molecule has 4 heterocycles. The summed E-state index contributed by atoms with van der Waals surface area (Å²) in [6.07, 6.45) is 7.11. The number of aromatic nitrogens is 4. The topological polar surface area (TPSA) is 107 Å². The van der Waals surface area contributed by atoms with Crippen molar-refractivity contribution >= 4 is 28.4 Å². The summed E-state index contributed by atoms with van der Waals surface area (Å²) in [5, 5.41) is 17.7. The summed E-state index contributed by atoms with van der Waals surface area (Å²) in [5.74, 6) is -1.42. The maximum Gasteiger partial charge on any atom is 0.352 e. The number of carboxylic acids is 1. The van der Waals surface area contributed by atoms with Crippen LogP contribution in [0.3, 0.4) is 0 Å². The third-order valence-corrected chi connectivity index (χ3v) is 6.82. The molecule has 0 saturated carbocycles. The van der Waals surface area contributed by atoms with Gasteiger partial charge < -0.3 is 19.9 Å². The number of amides is 1. The van der Waals surface area contributed by atoms with Crippen LogP contribution in [0.1, 0.15) is 46.8 Å². The monoisotopic (exact) mass is 466 g/mol. The lowest BCUT2D eigenvalue weighted by Crippen LogP contribution is -2.36. The molecule has 1 aromatic carbocycles. The van der Waals surface area contributed by atoms with Gasteiger partial charge in [0.25, 0.3) is 0 Å². The summed E-state index contributed by atoms with van der Waals surface area (Å²) in [6.45, 7) is 3.10. The molecule has 0 unspecified atom stereocenters. The Morgan fingerprint density at radius 3 is 2.85 bits per heavy atom. The van der Waals surface area contributed by atoms with Crippen LogP contribution >= 0.6 is 0 Å². The van der Waals surface area contributed by atoms with Crippen LogP contribution in [0.25, 0.3) is 16.5 Å². The smallest absolute Gasteiger partial charge is 0.352 e. The second-order valence-electron chi connectivity index (χ2n) is 9.10. The van der Waals surface area contributed by atoms with E-state index in [1.165, 1.54) is 6.07 Å². The number of carbonyl (C=O) groups is 2. The number of aromatic carboxylic acids is 1. The van der Waals surface area contributed by atoms with Gasteiger partial charge in [-0.3, -0.25) is 9.48 Å². The Hall–Kier alpha value is -3.53. The number of hydrogen-bond donors (Lipinski definition) is 2. The summed E-state index contributed by atoms with van der Waals surface area (Å²) < 4.78 is 17.4. The molecule has 0 radical (unpaired) electrons. The Bertz CT molecular complexity index is 1270. The van der Waals surface area contributed by atoms with Crippen LogP contribution in [-0.2, 0) is 11.3 Å². The van der Waals surface area contributed by atoms with Gasteiger partial charge in [0.2, 0.25) is 5.91 Å². The number of likely N-dealkylation sites (N-methyl/N-ethyl adjacent to an activating group) is 1. The minimum absolute atomic E-state index is 0.0201. The highest BCUT2D eigenvalue weighted by atomic mass is 19.1. The molecule has 2 aromatic heterocycles. The van der Waals surface area contributed by atoms with E-state index in [2.05, 4.69) is 20.2 Å². The number of aromatic amines is 1. The Morgan fingerprint density at radius 1 is 1.29 bits per heavy atom. The minimum atomic E-state index is -1.12. The zero-order chi connectivity index (χ0) is 23.8. The first kappa shape index (κ1) is 22.3. The van der Waals surface area contributed by atoms with Crippen LogP contribution in [0, 0.1) is 5.82 Å². The van der Waals surface area contributed by atoms with Crippen molar-refractivity contribution in [1.82, 2.24) is 29.8 Å². The molecule has 178 valence electrons. The van der Waals surface area contributed by atoms with E-state index in [4.69, 9.17) is 0 Å². The predicted octanol–water partition coefficient (Wildman–Crippen LogP) is 2.72. The molecule has 0 spiro atoms. The number of aryl methyl sites for hydroxylation is 1. The van der Waals surface area contributed by atoms with Gasteiger partial charge in [0.1, 0.15) is 5.69 Å². The fourth-order valence-corrected chi connectivity index (χ4v) is 5.03. The van der Waals surface area contributed by atoms with Crippen molar-refractivity contribution in [2.75, 3.05) is 33.2 Å². The normalized spacial score (nSPS) is 19.1. The van der Waals surface area contributed by atoms with Crippen molar-refractivity contribution in [3.05, 3.63) is 53.2 Å². The van der Waals surface area contributed by atoms with Crippen LogP contribution < -0.4 is 0 Å². The summed E-state index contributed by atoms with van der Waals surface area (Å²) in [7, 11) is 2.05. The van der Waals surface area contributed by atoms with E-state index in [1.807, 2.05) is 19.2 Å². The fourth-order valence-electron chi connectivity index (χ4n) is 5.03. The molecule has 3 aromatic rings. The second kappa shape index (κ2) is 9.02. The van der Waals surface area contributed by atoms with Crippen LogP contribution in [0.5, 0.6) is 0 Å². The van der Waals surface area contributed by atoms with E-state index in [1.54, 1.807) is 22.0 Å². The first-order chi connectivity index (χ1) is 16.4. The third-order valence-electron chi connectivity index (χ3n) is 6.82. The summed E-state index contributed by atoms with van der Waals surface area (Å²) in [5.41, 5.74) is 2.33. The number of hydrogen-bond acceptors (Lipinski definition) is 5. The van der Waals surface area contributed by atoms with Crippen LogP contribution in [-0.4, -0.2) is 80.0 Å². The fraction of sp³-hybridized carbons (Fsp3) is 0.417. The van der Waals surface area contributed by atoms with Gasteiger partial charge in [0.15, 0.2) is 5.82 Å². The molecule has 1 atom stereocenters. The van der Waals surface area contributed by atoms with Crippen LogP contribution in [0.2, 0.25) is 0 Å². The first-order valence-electron chi connectivity index (χ1n) is 11.5. The number of benzene rings is 1. The number of halogens is 1. The highest BCUT2D eigenvalue weighted by Crippen LogP contribution is 2.37. The van der Waals surface area contributed by atoms with Crippen LogP contribution in [0.4, 0.5) is 4.39 Å². The molecular formula is C24H27FN6O3. The van der Waals surface area contributed by atoms with Crippen molar-refractivity contribution in [3.8, 4) is 0 Å². The maximum absolute atomic E-state index is 15.7. The molecule has 1 fully saturated rings. The zero-order valence-electron chi connectivity index (χ0n) is 19.0. The average Bonchev–Trinajstić information content (AvgIpc) is 3.59. The second-order valence-corrected chi connectivity index (χ2v) is 9.10. The summed E-state index contributed by atoms with van der Waals surface area (Å²) in [4.78, 5) is 31.2. The molecule has 0 aliphatic carbocycles. The Kier molecular flexibility index (Phi) is 5.91. The number of H-pyrrole nitrogens is 1. The van der Waals surface area contributed by atoms with Gasteiger partial charge in [-0.05, 0) is 55.6 Å². The van der Waals surface area contributed by atoms with E-state index in [0.29, 0.717) is 37.0 Å². The molecule has 0 bridgehead atoms. The van der Waals surface area contributed by atoms with Gasteiger partial charge >= 0.3 is 5.97 Å². The third kappa shape index (κ3) is 4.21. The molecule has 2 aliphatic rings. The quantitative estimate of drug-likeness (QED) is 0.579. The Balaban J connectivity index is 1.46. The minimum Gasteiger partial charge on any atom is -0.477 e. The van der Waals surface area contributed by atoms with Crippen molar-refractivity contribution in [2.24, 2.45) is 0 Å². The molecule has 1 saturated heterocycles. The molecule has 10 heteroatoms. The van der Waals surface area contributed by atoms with Gasteiger partial charge in [-0.25, -0.2) is 9.18 Å². The molecule has 2 aliphatic heterocycles. The van der Waals surface area contributed by atoms with Gasteiger partial charge in [-0.1, -0.05) is 11.3 Å². The van der Waals surface area contributed by atoms with E-state index in [-0.39, 0.29) is 29.5 Å². The number of carboxylic acid groups (broad SMARTS) is 1. The van der Waals surface area contributed by atoms with Crippen molar-refractivity contribution in [1.29, 1.82) is 0 Å². The molecule has 34 heavy (non-hydrogen) atoms. The number of carbonyl (C=O) groups excluding carboxylic acids is 1. The number of fused-ring (bicyclic) bond motifs is 1. The highest BCUT2D eigenvalue weighted by molar-refractivity contribution is 5.97. The Morgan fingerprint density at radius 2 is 2.15 bits per heavy atom. The standard InChI is InChI=1S/C24H27FN6O3/c1-29-8-4-16(13-29)17-11-18(22(25)23-19(17)12-20(27-23)24(33)34)15-3-2-7-30(14-15)21(32)5-9-31-10-6-26-28-31/h3,6,10-12,16,27H,2,4-5,7-9,13-14H2,1H3,(H,33,34)/t16-/m1/s1. The lowest BCUT2D eigenvalue weighted by atomic mass is 9.89. The highest BCUT2D eigenvalue weighted by Gasteiger charge is 2.28. The van der Waals surface area contributed by atoms with E-state index >= 15 is 4.39 Å². The SMILES string of the molecule is CN1CC[C@@H](c2cc(C3=CCCN(C(=O)CCn4ccnn4)C3)c(F)c3[nH]c(C(=O)O)cc23)C1. The molecular weight excluding hydrogens is 439 g/mol. The van der Waals surface area contributed by atoms with E-state index < -0.39 is 11.8 Å². The first-order valence-corrected chi connectivity index (χ1v) is 11.5. The van der Waals surface area contributed by atoms with E-state index in [9.17, 15) is 14.7 Å². The zero-order valence-corrected chi connectivity index (χ0v) is 19.0. The van der Waals surface area contributed by atoms with Gasteiger partial charge in [-0.15, -0.1) is 5.10 Å². The number of rotatable bonds is 6. The van der Waals surface area contributed by atoms with Gasteiger partial charge in [-0.2, -0.15) is 0 Å². The molecule has 9 nitrogen and oxygen atoms in total. The van der Waals surface area contributed by atoms with Crippen LogP contribution in [0.15, 0.2) is 30.6 Å². The number of nitrogens with one attached hydrogen (secondary N) is 1. The lowest BCUT2D eigenvalue weighted by Gasteiger charge is -2.28. The predicted molar refractivity (Wildman–Crippen MR) is 124 cm³/mol. The van der Waals surface area contributed by atoms with E-state index in [0.717, 1.165) is 30.6 Å². The van der Waals surface area contributed by atoms with Gasteiger partial charge in [0.05, 0.1) is 18.3 Å².